The van der Waals surface area contributed by atoms with Gasteiger partial charge in [-0.25, -0.2) is 0 Å². The molecular weight excluding hydrogens is 362 g/mol. The van der Waals surface area contributed by atoms with E-state index in [0.717, 1.165) is 10.0 Å². The SMILES string of the molecule is O=C(O)[C@@H]1CC[C@H](C(=O)N2CCOC(c3ccc(Br)cc3)C2)C1. The van der Waals surface area contributed by atoms with Crippen LogP contribution < -0.4 is 0 Å². The van der Waals surface area contributed by atoms with E-state index in [1.165, 1.54) is 0 Å². The van der Waals surface area contributed by atoms with Crippen molar-refractivity contribution in [2.75, 3.05) is 19.7 Å². The third kappa shape index (κ3) is 3.75. The summed E-state index contributed by atoms with van der Waals surface area (Å²) in [4.78, 5) is 25.6. The Morgan fingerprint density at radius 3 is 2.52 bits per heavy atom. The highest BCUT2D eigenvalue weighted by Crippen LogP contribution is 2.33. The first-order valence-electron chi connectivity index (χ1n) is 7.93. The van der Waals surface area contributed by atoms with Crippen LogP contribution >= 0.6 is 15.9 Å². The zero-order valence-corrected chi connectivity index (χ0v) is 14.4. The number of carboxylic acids is 1. The van der Waals surface area contributed by atoms with Gasteiger partial charge in [0.25, 0.3) is 0 Å². The van der Waals surface area contributed by atoms with E-state index in [1.54, 1.807) is 0 Å². The number of rotatable bonds is 3. The van der Waals surface area contributed by atoms with Crippen molar-refractivity contribution in [3.05, 3.63) is 34.3 Å². The number of benzene rings is 1. The molecule has 1 heterocycles. The third-order valence-electron chi connectivity index (χ3n) is 4.75. The Hall–Kier alpha value is -1.40. The van der Waals surface area contributed by atoms with Gasteiger partial charge in [-0.05, 0) is 37.0 Å². The normalized spacial score (nSPS) is 27.9. The molecule has 0 spiro atoms. The van der Waals surface area contributed by atoms with E-state index >= 15 is 0 Å². The maximum Gasteiger partial charge on any atom is 0.306 e. The number of halogens is 1. The smallest absolute Gasteiger partial charge is 0.306 e. The van der Waals surface area contributed by atoms with Crippen molar-refractivity contribution in [2.24, 2.45) is 11.8 Å². The average Bonchev–Trinajstić information content (AvgIpc) is 3.05. The molecule has 1 aromatic rings. The Morgan fingerprint density at radius 2 is 1.87 bits per heavy atom. The van der Waals surface area contributed by atoms with Crippen molar-refractivity contribution in [1.82, 2.24) is 4.90 Å². The second-order valence-electron chi connectivity index (χ2n) is 6.24. The molecule has 1 aromatic carbocycles. The van der Waals surface area contributed by atoms with Gasteiger partial charge in [0.05, 0.1) is 19.1 Å². The van der Waals surface area contributed by atoms with Gasteiger partial charge in [-0.3, -0.25) is 9.59 Å². The predicted molar refractivity (Wildman–Crippen MR) is 87.9 cm³/mol. The summed E-state index contributed by atoms with van der Waals surface area (Å²) in [5.41, 5.74) is 1.06. The number of carbonyl (C=O) groups excluding carboxylic acids is 1. The van der Waals surface area contributed by atoms with Gasteiger partial charge in [0, 0.05) is 16.9 Å². The molecular formula is C17H20BrNO4. The molecule has 3 atom stereocenters. The van der Waals surface area contributed by atoms with Crippen LogP contribution in [-0.4, -0.2) is 41.6 Å². The van der Waals surface area contributed by atoms with Crippen LogP contribution in [0.15, 0.2) is 28.7 Å². The number of ether oxygens (including phenoxy) is 1. The van der Waals surface area contributed by atoms with E-state index in [1.807, 2.05) is 29.2 Å². The quantitative estimate of drug-likeness (QED) is 0.873. The second kappa shape index (κ2) is 7.01. The molecule has 2 aliphatic rings. The number of hydrogen-bond acceptors (Lipinski definition) is 3. The van der Waals surface area contributed by atoms with Crippen LogP contribution in [0, 0.1) is 11.8 Å². The molecule has 1 unspecified atom stereocenters. The maximum absolute atomic E-state index is 12.7. The van der Waals surface area contributed by atoms with Crippen molar-refractivity contribution in [1.29, 1.82) is 0 Å². The number of carbonyl (C=O) groups is 2. The van der Waals surface area contributed by atoms with E-state index in [-0.39, 0.29) is 23.8 Å². The fourth-order valence-electron chi connectivity index (χ4n) is 3.42. The highest BCUT2D eigenvalue weighted by atomic mass is 79.9. The molecule has 3 rings (SSSR count). The van der Waals surface area contributed by atoms with E-state index in [9.17, 15) is 9.59 Å². The first kappa shape index (κ1) is 16.5. The van der Waals surface area contributed by atoms with Crippen molar-refractivity contribution in [2.45, 2.75) is 25.4 Å². The molecule has 6 heteroatoms. The highest BCUT2D eigenvalue weighted by Gasteiger charge is 2.37. The number of morpholine rings is 1. The van der Waals surface area contributed by atoms with Crippen molar-refractivity contribution < 1.29 is 19.4 Å². The molecule has 0 radical (unpaired) electrons. The molecule has 124 valence electrons. The van der Waals surface area contributed by atoms with Gasteiger partial charge in [-0.15, -0.1) is 0 Å². The van der Waals surface area contributed by atoms with Crippen molar-refractivity contribution >= 4 is 27.8 Å². The molecule has 0 aromatic heterocycles. The molecule has 1 aliphatic carbocycles. The summed E-state index contributed by atoms with van der Waals surface area (Å²) < 4.78 is 6.81. The van der Waals surface area contributed by atoms with Crippen LogP contribution in [0.1, 0.15) is 30.9 Å². The molecule has 1 aliphatic heterocycles. The Morgan fingerprint density at radius 1 is 1.17 bits per heavy atom. The summed E-state index contributed by atoms with van der Waals surface area (Å²) in [6.45, 7) is 1.64. The molecule has 1 saturated heterocycles. The van der Waals surface area contributed by atoms with Gasteiger partial charge in [0.2, 0.25) is 5.91 Å². The molecule has 1 amide bonds. The van der Waals surface area contributed by atoms with Gasteiger partial charge in [0.1, 0.15) is 6.10 Å². The number of hydrogen-bond donors (Lipinski definition) is 1. The zero-order chi connectivity index (χ0) is 16.4. The largest absolute Gasteiger partial charge is 0.481 e. The molecule has 1 saturated carbocycles. The summed E-state index contributed by atoms with van der Waals surface area (Å²) in [7, 11) is 0. The molecule has 5 nitrogen and oxygen atoms in total. The van der Waals surface area contributed by atoms with Crippen LogP contribution in [0.3, 0.4) is 0 Å². The first-order chi connectivity index (χ1) is 11.0. The fraction of sp³-hybridized carbons (Fsp3) is 0.529. The summed E-state index contributed by atoms with van der Waals surface area (Å²) in [5, 5.41) is 9.09. The number of carboxylic acid groups (broad SMARTS) is 1. The second-order valence-corrected chi connectivity index (χ2v) is 7.16. The van der Waals surface area contributed by atoms with Crippen molar-refractivity contribution in [3.63, 3.8) is 0 Å². The summed E-state index contributed by atoms with van der Waals surface area (Å²) >= 11 is 3.41. The maximum atomic E-state index is 12.7. The molecule has 2 fully saturated rings. The minimum absolute atomic E-state index is 0.0826. The van der Waals surface area contributed by atoms with Gasteiger partial charge >= 0.3 is 5.97 Å². The monoisotopic (exact) mass is 381 g/mol. The Bertz CT molecular complexity index is 589. The van der Waals surface area contributed by atoms with Gasteiger partial charge < -0.3 is 14.7 Å². The Labute approximate surface area is 143 Å². The van der Waals surface area contributed by atoms with Crippen LogP contribution in [-0.2, 0) is 14.3 Å². The lowest BCUT2D eigenvalue weighted by Gasteiger charge is -2.34. The molecule has 23 heavy (non-hydrogen) atoms. The topological polar surface area (TPSA) is 66.8 Å². The highest BCUT2D eigenvalue weighted by molar-refractivity contribution is 9.10. The predicted octanol–water partition coefficient (Wildman–Crippen LogP) is 2.85. The van der Waals surface area contributed by atoms with Crippen LogP contribution in [0.4, 0.5) is 0 Å². The van der Waals surface area contributed by atoms with Gasteiger partial charge in [-0.2, -0.15) is 0 Å². The van der Waals surface area contributed by atoms with Crippen LogP contribution in [0.5, 0.6) is 0 Å². The van der Waals surface area contributed by atoms with Gasteiger partial charge in [0.15, 0.2) is 0 Å². The lowest BCUT2D eigenvalue weighted by Crippen LogP contribution is -2.44. The summed E-state index contributed by atoms with van der Waals surface area (Å²) in [5.74, 6) is -1.22. The number of aliphatic carboxylic acids is 1. The van der Waals surface area contributed by atoms with Crippen LogP contribution in [0.25, 0.3) is 0 Å². The minimum atomic E-state index is -0.782. The van der Waals surface area contributed by atoms with Crippen LogP contribution in [0.2, 0.25) is 0 Å². The lowest BCUT2D eigenvalue weighted by atomic mass is 10.0. The third-order valence-corrected chi connectivity index (χ3v) is 5.28. The Balaban J connectivity index is 1.63. The van der Waals surface area contributed by atoms with E-state index in [2.05, 4.69) is 15.9 Å². The van der Waals surface area contributed by atoms with Crippen molar-refractivity contribution in [3.8, 4) is 0 Å². The Kier molecular flexibility index (Phi) is 5.02. The van der Waals surface area contributed by atoms with E-state index in [4.69, 9.17) is 9.84 Å². The summed E-state index contributed by atoms with van der Waals surface area (Å²) in [6.07, 6.45) is 1.63. The number of nitrogens with zero attached hydrogens (tertiary/aromatic N) is 1. The van der Waals surface area contributed by atoms with E-state index in [0.29, 0.717) is 39.0 Å². The standard InChI is InChI=1S/C17H20BrNO4/c18-14-5-3-11(4-6-14)15-10-19(7-8-23-15)16(20)12-1-2-13(9-12)17(21)22/h3-6,12-13,15H,1-2,7-10H2,(H,21,22)/t12-,13+,15?/m0/s1. The van der Waals surface area contributed by atoms with E-state index < -0.39 is 5.97 Å². The summed E-state index contributed by atoms with van der Waals surface area (Å²) in [6, 6.07) is 7.93. The zero-order valence-electron chi connectivity index (χ0n) is 12.8. The number of amides is 1. The average molecular weight is 382 g/mol. The molecule has 1 N–H and O–H groups in total. The minimum Gasteiger partial charge on any atom is -0.481 e. The fourth-order valence-corrected chi connectivity index (χ4v) is 3.68. The van der Waals surface area contributed by atoms with Gasteiger partial charge in [-0.1, -0.05) is 28.1 Å². The lowest BCUT2D eigenvalue weighted by molar-refractivity contribution is -0.144. The molecule has 0 bridgehead atoms. The first-order valence-corrected chi connectivity index (χ1v) is 8.72.